The van der Waals surface area contributed by atoms with Crippen LogP contribution in [0.3, 0.4) is 0 Å². The SMILES string of the molecule is CCCCCCCCCCCCN1C(=O)/C(=C/c2c(C)c(C#N)c(=O)n(CC)c2N2CCN(c3ccccc3F)CC2)SC1=S. The molecular formula is C35H46FN5O2S2. The Bertz CT molecular complexity index is 1490. The number of anilines is 2. The van der Waals surface area contributed by atoms with Crippen LogP contribution in [0.4, 0.5) is 15.9 Å². The van der Waals surface area contributed by atoms with E-state index in [4.69, 9.17) is 12.2 Å². The van der Waals surface area contributed by atoms with Crippen molar-refractivity contribution in [2.45, 2.75) is 91.5 Å². The van der Waals surface area contributed by atoms with Gasteiger partial charge < -0.3 is 9.80 Å². The minimum atomic E-state index is -0.338. The van der Waals surface area contributed by atoms with Gasteiger partial charge in [-0.25, -0.2) is 4.39 Å². The number of aromatic nitrogens is 1. The zero-order valence-electron chi connectivity index (χ0n) is 26.9. The van der Waals surface area contributed by atoms with Gasteiger partial charge in [0, 0.05) is 44.8 Å². The van der Waals surface area contributed by atoms with E-state index in [2.05, 4.69) is 17.9 Å². The van der Waals surface area contributed by atoms with E-state index in [-0.39, 0.29) is 22.8 Å². The number of halogens is 1. The molecule has 1 aromatic heterocycles. The summed E-state index contributed by atoms with van der Waals surface area (Å²) in [5.74, 6) is 0.307. The van der Waals surface area contributed by atoms with Crippen molar-refractivity contribution in [1.82, 2.24) is 9.47 Å². The van der Waals surface area contributed by atoms with Crippen LogP contribution in [-0.4, -0.2) is 52.4 Å². The Kier molecular flexibility index (Phi) is 13.1. The fourth-order valence-corrected chi connectivity index (χ4v) is 7.52. The number of carbonyl (C=O) groups is 1. The third kappa shape index (κ3) is 8.36. The fourth-order valence-electron chi connectivity index (χ4n) is 6.23. The van der Waals surface area contributed by atoms with Crippen molar-refractivity contribution < 1.29 is 9.18 Å². The van der Waals surface area contributed by atoms with Gasteiger partial charge >= 0.3 is 0 Å². The highest BCUT2D eigenvalue weighted by atomic mass is 32.2. The smallest absolute Gasteiger partial charge is 0.270 e. The maximum absolute atomic E-state index is 14.5. The van der Waals surface area contributed by atoms with Crippen LogP contribution in [0.5, 0.6) is 0 Å². The number of hydrogen-bond acceptors (Lipinski definition) is 7. The third-order valence-electron chi connectivity index (χ3n) is 8.82. The van der Waals surface area contributed by atoms with Crippen molar-refractivity contribution in [3.63, 3.8) is 0 Å². The zero-order chi connectivity index (χ0) is 32.3. The monoisotopic (exact) mass is 651 g/mol. The standard InChI is InChI=1S/C35H46FN5O2S2/c1-4-6-7-8-9-10-11-12-13-16-19-41-34(43)31(45-35(41)44)24-27-26(3)28(25-37)33(42)40(5-2)32(27)39-22-20-38(21-23-39)30-18-15-14-17-29(30)36/h14-15,17-18,24H,4-13,16,19-23H2,1-3H3/b31-24-. The Labute approximate surface area is 277 Å². The van der Waals surface area contributed by atoms with Crippen LogP contribution in [0.1, 0.15) is 94.7 Å². The number of thioether (sulfide) groups is 1. The van der Waals surface area contributed by atoms with Gasteiger partial charge in [0.15, 0.2) is 0 Å². The summed E-state index contributed by atoms with van der Waals surface area (Å²) in [5.41, 5.74) is 1.55. The third-order valence-corrected chi connectivity index (χ3v) is 10.2. The maximum atomic E-state index is 14.5. The number of hydrogen-bond donors (Lipinski definition) is 0. The molecule has 2 aliphatic rings. The molecule has 45 heavy (non-hydrogen) atoms. The molecule has 0 radical (unpaired) electrons. The van der Waals surface area contributed by atoms with Crippen molar-refractivity contribution >= 4 is 51.8 Å². The summed E-state index contributed by atoms with van der Waals surface area (Å²) in [6, 6.07) is 8.85. The lowest BCUT2D eigenvalue weighted by molar-refractivity contribution is -0.122. The van der Waals surface area contributed by atoms with Crippen molar-refractivity contribution in [1.29, 1.82) is 5.26 Å². The van der Waals surface area contributed by atoms with Crippen molar-refractivity contribution in [2.24, 2.45) is 0 Å². The molecule has 10 heteroatoms. The van der Waals surface area contributed by atoms with Gasteiger partial charge in [-0.1, -0.05) is 101 Å². The number of rotatable bonds is 15. The highest BCUT2D eigenvalue weighted by molar-refractivity contribution is 8.26. The second-order valence-corrected chi connectivity index (χ2v) is 13.5. The van der Waals surface area contributed by atoms with Crippen LogP contribution in [0, 0.1) is 24.1 Å². The van der Waals surface area contributed by atoms with Crippen LogP contribution >= 0.6 is 24.0 Å². The summed E-state index contributed by atoms with van der Waals surface area (Å²) >= 11 is 6.92. The minimum absolute atomic E-state index is 0.0812. The second kappa shape index (κ2) is 17.0. The van der Waals surface area contributed by atoms with Gasteiger partial charge in [0.05, 0.1) is 10.6 Å². The highest BCUT2D eigenvalue weighted by Crippen LogP contribution is 2.36. The van der Waals surface area contributed by atoms with Crippen molar-refractivity contribution in [3.05, 3.63) is 62.0 Å². The topological polar surface area (TPSA) is 72.6 Å². The van der Waals surface area contributed by atoms with E-state index in [9.17, 15) is 19.2 Å². The fraction of sp³-hybridized carbons (Fsp3) is 0.543. The van der Waals surface area contributed by atoms with Gasteiger partial charge in [0.2, 0.25) is 0 Å². The molecule has 7 nitrogen and oxygen atoms in total. The Balaban J connectivity index is 1.49. The Morgan fingerprint density at radius 2 is 1.53 bits per heavy atom. The first-order valence-corrected chi connectivity index (χ1v) is 17.7. The van der Waals surface area contributed by atoms with E-state index in [0.717, 1.165) is 12.8 Å². The summed E-state index contributed by atoms with van der Waals surface area (Å²) in [6.45, 7) is 9.11. The van der Waals surface area contributed by atoms with Crippen molar-refractivity contribution in [2.75, 3.05) is 42.5 Å². The molecule has 0 N–H and O–H groups in total. The second-order valence-electron chi connectivity index (χ2n) is 11.8. The molecule has 2 fully saturated rings. The number of thiocarbonyl (C=S) groups is 1. The number of pyridine rings is 1. The molecule has 0 aliphatic carbocycles. The maximum Gasteiger partial charge on any atom is 0.270 e. The van der Waals surface area contributed by atoms with Crippen LogP contribution in [0.15, 0.2) is 34.0 Å². The number of nitriles is 1. The summed E-state index contributed by atoms with van der Waals surface area (Å²) in [6.07, 6.45) is 14.0. The average molecular weight is 652 g/mol. The molecule has 0 bridgehead atoms. The van der Waals surface area contributed by atoms with Gasteiger partial charge in [-0.2, -0.15) is 5.26 Å². The van der Waals surface area contributed by atoms with E-state index in [1.54, 1.807) is 28.5 Å². The lowest BCUT2D eigenvalue weighted by Gasteiger charge is -2.39. The molecule has 4 rings (SSSR count). The molecular weight excluding hydrogens is 606 g/mol. The predicted molar refractivity (Wildman–Crippen MR) is 188 cm³/mol. The van der Waals surface area contributed by atoms with E-state index in [1.807, 2.05) is 24.0 Å². The number of carbonyl (C=O) groups excluding carboxylic acids is 1. The Morgan fingerprint density at radius 1 is 0.933 bits per heavy atom. The van der Waals surface area contributed by atoms with E-state index in [0.29, 0.717) is 71.1 Å². The summed E-state index contributed by atoms with van der Waals surface area (Å²) in [5, 5.41) is 9.91. The predicted octanol–water partition coefficient (Wildman–Crippen LogP) is 7.64. The molecule has 0 spiro atoms. The zero-order valence-corrected chi connectivity index (χ0v) is 28.6. The first-order valence-electron chi connectivity index (χ1n) is 16.5. The summed E-state index contributed by atoms with van der Waals surface area (Å²) < 4.78 is 16.7. The number of unbranched alkanes of at least 4 members (excludes halogenated alkanes) is 9. The minimum Gasteiger partial charge on any atom is -0.366 e. The Hall–Kier alpha value is -3.16. The number of nitrogens with zero attached hydrogens (tertiary/aromatic N) is 5. The molecule has 1 aromatic carbocycles. The van der Waals surface area contributed by atoms with Gasteiger partial charge in [-0.3, -0.25) is 19.1 Å². The number of amides is 1. The molecule has 0 unspecified atom stereocenters. The quantitative estimate of drug-likeness (QED) is 0.111. The molecule has 2 aliphatic heterocycles. The highest BCUT2D eigenvalue weighted by Gasteiger charge is 2.33. The molecule has 0 atom stereocenters. The van der Waals surface area contributed by atoms with Gasteiger partial charge in [-0.05, 0) is 44.0 Å². The first-order chi connectivity index (χ1) is 21.8. The molecule has 3 heterocycles. The van der Waals surface area contributed by atoms with E-state index < -0.39 is 0 Å². The molecule has 2 aromatic rings. The first kappa shape index (κ1) is 34.7. The normalized spacial score (nSPS) is 16.2. The molecule has 2 saturated heterocycles. The lowest BCUT2D eigenvalue weighted by atomic mass is 10.0. The van der Waals surface area contributed by atoms with Crippen LogP contribution in [0.2, 0.25) is 0 Å². The molecule has 242 valence electrons. The van der Waals surface area contributed by atoms with E-state index in [1.165, 1.54) is 69.2 Å². The van der Waals surface area contributed by atoms with Crippen molar-refractivity contribution in [3.8, 4) is 6.07 Å². The lowest BCUT2D eigenvalue weighted by Crippen LogP contribution is -2.49. The number of piperazine rings is 1. The summed E-state index contributed by atoms with van der Waals surface area (Å²) in [4.78, 5) is 33.3. The van der Waals surface area contributed by atoms with Gasteiger partial charge in [0.1, 0.15) is 27.6 Å². The molecule has 1 amide bonds. The van der Waals surface area contributed by atoms with Crippen LogP contribution < -0.4 is 15.4 Å². The van der Waals surface area contributed by atoms with E-state index >= 15 is 0 Å². The average Bonchev–Trinajstić information content (AvgIpc) is 3.31. The molecule has 0 saturated carbocycles. The Morgan fingerprint density at radius 3 is 2.13 bits per heavy atom. The van der Waals surface area contributed by atoms with Crippen LogP contribution in [0.25, 0.3) is 6.08 Å². The van der Waals surface area contributed by atoms with Gasteiger partial charge in [0.25, 0.3) is 11.5 Å². The number of benzene rings is 1. The summed E-state index contributed by atoms with van der Waals surface area (Å²) in [7, 11) is 0. The number of para-hydroxylation sites is 1. The van der Waals surface area contributed by atoms with Gasteiger partial charge in [-0.15, -0.1) is 0 Å². The largest absolute Gasteiger partial charge is 0.366 e. The van der Waals surface area contributed by atoms with Crippen LogP contribution in [-0.2, 0) is 11.3 Å².